The minimum atomic E-state index is -0.199. The minimum Gasteiger partial charge on any atom is -0.378 e. The fourth-order valence-electron chi connectivity index (χ4n) is 3.12. The van der Waals surface area contributed by atoms with Crippen molar-refractivity contribution >= 4 is 22.9 Å². The molecule has 0 aliphatic heterocycles. The normalized spacial score (nSPS) is 10.8. The first-order chi connectivity index (χ1) is 14.0. The van der Waals surface area contributed by atoms with Gasteiger partial charge in [-0.2, -0.15) is 0 Å². The molecular formula is C22H21N5O2. The van der Waals surface area contributed by atoms with Gasteiger partial charge in [0.15, 0.2) is 5.65 Å². The zero-order valence-electron chi connectivity index (χ0n) is 16.2. The van der Waals surface area contributed by atoms with Gasteiger partial charge in [0.05, 0.1) is 6.54 Å². The van der Waals surface area contributed by atoms with Crippen molar-refractivity contribution in [3.05, 3.63) is 94.5 Å². The Kier molecular flexibility index (Phi) is 4.87. The summed E-state index contributed by atoms with van der Waals surface area (Å²) in [5.74, 6) is -0.184. The van der Waals surface area contributed by atoms with E-state index in [0.29, 0.717) is 23.4 Å². The van der Waals surface area contributed by atoms with Crippen LogP contribution < -0.4 is 15.9 Å². The Balaban J connectivity index is 1.54. The van der Waals surface area contributed by atoms with Crippen LogP contribution in [0.5, 0.6) is 0 Å². The van der Waals surface area contributed by atoms with Crippen molar-refractivity contribution in [1.82, 2.24) is 14.2 Å². The zero-order valence-corrected chi connectivity index (χ0v) is 16.2. The van der Waals surface area contributed by atoms with Gasteiger partial charge >= 0.3 is 5.69 Å². The van der Waals surface area contributed by atoms with Crippen LogP contribution >= 0.6 is 0 Å². The number of aromatic nitrogens is 3. The summed E-state index contributed by atoms with van der Waals surface area (Å²) in [6.45, 7) is 0.320. The van der Waals surface area contributed by atoms with E-state index in [-0.39, 0.29) is 11.6 Å². The molecule has 7 heteroatoms. The third kappa shape index (κ3) is 3.89. The van der Waals surface area contributed by atoms with Gasteiger partial charge in [-0.15, -0.1) is 5.10 Å². The number of fused-ring (bicyclic) bond motifs is 1. The molecule has 1 amide bonds. The molecule has 146 valence electrons. The summed E-state index contributed by atoms with van der Waals surface area (Å²) in [6, 6.07) is 20.3. The predicted molar refractivity (Wildman–Crippen MR) is 114 cm³/mol. The van der Waals surface area contributed by atoms with Crippen LogP contribution in [-0.4, -0.2) is 34.2 Å². The highest BCUT2D eigenvalue weighted by atomic mass is 16.2. The summed E-state index contributed by atoms with van der Waals surface area (Å²) in [5, 5.41) is 7.27. The largest absolute Gasteiger partial charge is 0.378 e. The van der Waals surface area contributed by atoms with E-state index < -0.39 is 0 Å². The fraction of sp³-hybridized carbons (Fsp3) is 0.136. The quantitative estimate of drug-likeness (QED) is 0.572. The zero-order chi connectivity index (χ0) is 20.4. The second-order valence-corrected chi connectivity index (χ2v) is 6.97. The van der Waals surface area contributed by atoms with E-state index in [4.69, 9.17) is 0 Å². The van der Waals surface area contributed by atoms with Gasteiger partial charge in [-0.3, -0.25) is 9.20 Å². The summed E-state index contributed by atoms with van der Waals surface area (Å²) >= 11 is 0. The third-order valence-corrected chi connectivity index (χ3v) is 4.63. The average molecular weight is 387 g/mol. The number of nitrogens with zero attached hydrogens (tertiary/aromatic N) is 4. The Labute approximate surface area is 167 Å². The molecule has 2 aromatic carbocycles. The first kappa shape index (κ1) is 18.5. The van der Waals surface area contributed by atoms with Crippen LogP contribution in [0.1, 0.15) is 15.9 Å². The van der Waals surface area contributed by atoms with E-state index in [2.05, 4.69) is 10.4 Å². The minimum absolute atomic E-state index is 0.184. The predicted octanol–water partition coefficient (Wildman–Crippen LogP) is 2.86. The maximum Gasteiger partial charge on any atom is 0.350 e. The molecule has 7 nitrogen and oxygen atoms in total. The van der Waals surface area contributed by atoms with Gasteiger partial charge in [-0.25, -0.2) is 9.48 Å². The summed E-state index contributed by atoms with van der Waals surface area (Å²) in [7, 11) is 3.86. The molecule has 0 atom stereocenters. The van der Waals surface area contributed by atoms with E-state index in [9.17, 15) is 9.59 Å². The number of amides is 1. The lowest BCUT2D eigenvalue weighted by atomic mass is 10.1. The lowest BCUT2D eigenvalue weighted by Crippen LogP contribution is -2.21. The molecule has 0 fully saturated rings. The molecule has 1 N–H and O–H groups in total. The molecule has 4 rings (SSSR count). The Morgan fingerprint density at radius 3 is 2.66 bits per heavy atom. The van der Waals surface area contributed by atoms with Crippen molar-refractivity contribution in [2.24, 2.45) is 0 Å². The van der Waals surface area contributed by atoms with Crippen molar-refractivity contribution in [2.75, 3.05) is 24.3 Å². The van der Waals surface area contributed by atoms with Crippen LogP contribution in [0.15, 0.2) is 77.7 Å². The molecule has 0 bridgehead atoms. The van der Waals surface area contributed by atoms with Crippen LogP contribution in [-0.2, 0) is 6.54 Å². The molecule has 2 heterocycles. The monoisotopic (exact) mass is 387 g/mol. The lowest BCUT2D eigenvalue weighted by Gasteiger charge is -2.13. The molecule has 0 aliphatic rings. The smallest absolute Gasteiger partial charge is 0.350 e. The number of nitrogens with one attached hydrogen (secondary N) is 1. The van der Waals surface area contributed by atoms with Gasteiger partial charge in [-0.1, -0.05) is 24.3 Å². The number of hydrogen-bond acceptors (Lipinski definition) is 4. The summed E-state index contributed by atoms with van der Waals surface area (Å²) in [5.41, 5.74) is 3.48. The molecular weight excluding hydrogens is 366 g/mol. The van der Waals surface area contributed by atoms with Crippen molar-refractivity contribution in [3.8, 4) is 0 Å². The third-order valence-electron chi connectivity index (χ3n) is 4.63. The van der Waals surface area contributed by atoms with Crippen LogP contribution in [0.25, 0.3) is 5.65 Å². The number of carbonyl (C=O) groups is 1. The van der Waals surface area contributed by atoms with Crippen molar-refractivity contribution in [1.29, 1.82) is 0 Å². The highest BCUT2D eigenvalue weighted by molar-refractivity contribution is 6.04. The maximum absolute atomic E-state index is 12.6. The summed E-state index contributed by atoms with van der Waals surface area (Å²) in [6.07, 6.45) is 1.69. The topological polar surface area (TPSA) is 71.6 Å². The van der Waals surface area contributed by atoms with Gasteiger partial charge in [-0.05, 0) is 48.0 Å². The van der Waals surface area contributed by atoms with Crippen LogP contribution in [0, 0.1) is 0 Å². The van der Waals surface area contributed by atoms with Crippen molar-refractivity contribution in [2.45, 2.75) is 6.54 Å². The Morgan fingerprint density at radius 1 is 1.03 bits per heavy atom. The van der Waals surface area contributed by atoms with Gasteiger partial charge in [0.1, 0.15) is 0 Å². The van der Waals surface area contributed by atoms with E-state index >= 15 is 0 Å². The Hall–Kier alpha value is -3.87. The van der Waals surface area contributed by atoms with Gasteiger partial charge < -0.3 is 10.2 Å². The van der Waals surface area contributed by atoms with Crippen molar-refractivity contribution in [3.63, 3.8) is 0 Å². The molecule has 29 heavy (non-hydrogen) atoms. The number of pyridine rings is 1. The molecule has 4 aromatic rings. The first-order valence-electron chi connectivity index (χ1n) is 9.23. The van der Waals surface area contributed by atoms with Gasteiger partial charge in [0, 0.05) is 37.2 Å². The van der Waals surface area contributed by atoms with Crippen LogP contribution in [0.2, 0.25) is 0 Å². The van der Waals surface area contributed by atoms with Gasteiger partial charge in [0.2, 0.25) is 0 Å². The maximum atomic E-state index is 12.6. The number of benzene rings is 2. The molecule has 0 spiro atoms. The molecule has 0 aliphatic carbocycles. The fourth-order valence-corrected chi connectivity index (χ4v) is 3.12. The van der Waals surface area contributed by atoms with Gasteiger partial charge in [0.25, 0.3) is 5.91 Å². The number of rotatable bonds is 5. The lowest BCUT2D eigenvalue weighted by molar-refractivity contribution is 0.102. The standard InChI is InChI=1S/C22H21N5O2/c1-25(2)19-10-6-8-17(14-19)21(28)23-18-9-5-7-16(13-18)15-27-22(29)26-12-4-3-11-20(26)24-27/h3-14H,15H2,1-2H3,(H,23,28). The molecule has 0 unspecified atom stereocenters. The summed E-state index contributed by atoms with van der Waals surface area (Å²) in [4.78, 5) is 27.0. The summed E-state index contributed by atoms with van der Waals surface area (Å²) < 4.78 is 2.92. The highest BCUT2D eigenvalue weighted by Gasteiger charge is 2.10. The van der Waals surface area contributed by atoms with Crippen molar-refractivity contribution < 1.29 is 4.79 Å². The number of anilines is 2. The second-order valence-electron chi connectivity index (χ2n) is 6.97. The second kappa shape index (κ2) is 7.63. The first-order valence-corrected chi connectivity index (χ1v) is 9.23. The Morgan fingerprint density at radius 2 is 1.86 bits per heavy atom. The van der Waals surface area contributed by atoms with E-state index in [0.717, 1.165) is 11.3 Å². The molecule has 0 radical (unpaired) electrons. The van der Waals surface area contributed by atoms with Crippen LogP contribution in [0.4, 0.5) is 11.4 Å². The molecule has 2 aromatic heterocycles. The molecule has 0 saturated heterocycles. The SMILES string of the molecule is CN(C)c1cccc(C(=O)Nc2cccc(Cn3nc4ccccn4c3=O)c2)c1. The van der Waals surface area contributed by atoms with E-state index in [1.54, 1.807) is 24.4 Å². The van der Waals surface area contributed by atoms with Crippen LogP contribution in [0.3, 0.4) is 0 Å². The average Bonchev–Trinajstić information content (AvgIpc) is 3.04. The number of hydrogen-bond donors (Lipinski definition) is 1. The van der Waals surface area contributed by atoms with E-state index in [1.165, 1.54) is 9.08 Å². The molecule has 0 saturated carbocycles. The number of carbonyl (C=O) groups excluding carboxylic acids is 1. The Bertz CT molecular complexity index is 1240. The highest BCUT2D eigenvalue weighted by Crippen LogP contribution is 2.16. The van der Waals surface area contributed by atoms with E-state index in [1.807, 2.05) is 67.5 Å².